The van der Waals surface area contributed by atoms with Gasteiger partial charge in [-0.25, -0.2) is 4.98 Å². The molecular weight excluding hydrogens is 252 g/mol. The van der Waals surface area contributed by atoms with Gasteiger partial charge in [0.15, 0.2) is 0 Å². The van der Waals surface area contributed by atoms with Gasteiger partial charge in [0.25, 0.3) is 5.91 Å². The van der Waals surface area contributed by atoms with Crippen molar-refractivity contribution >= 4 is 11.7 Å². The number of aromatic nitrogens is 2. The molecule has 5 nitrogen and oxygen atoms in total. The summed E-state index contributed by atoms with van der Waals surface area (Å²) < 4.78 is 0. The Kier molecular flexibility index (Phi) is 4.30. The zero-order valence-corrected chi connectivity index (χ0v) is 11.6. The van der Waals surface area contributed by atoms with Crippen LogP contribution in [-0.2, 0) is 6.54 Å². The van der Waals surface area contributed by atoms with E-state index >= 15 is 0 Å². The van der Waals surface area contributed by atoms with Crippen molar-refractivity contribution in [2.45, 2.75) is 26.3 Å². The van der Waals surface area contributed by atoms with Gasteiger partial charge in [-0.3, -0.25) is 9.78 Å². The van der Waals surface area contributed by atoms with E-state index in [9.17, 15) is 4.79 Å². The van der Waals surface area contributed by atoms with Gasteiger partial charge in [0, 0.05) is 17.5 Å². The van der Waals surface area contributed by atoms with E-state index < -0.39 is 0 Å². The molecule has 5 heteroatoms. The van der Waals surface area contributed by atoms with E-state index in [2.05, 4.69) is 15.3 Å². The molecule has 0 aliphatic heterocycles. The first kappa shape index (κ1) is 14.0. The fourth-order valence-corrected chi connectivity index (χ4v) is 1.78. The van der Waals surface area contributed by atoms with Crippen LogP contribution in [0.4, 0.5) is 5.82 Å². The largest absolute Gasteiger partial charge is 0.384 e. The zero-order chi connectivity index (χ0) is 14.5. The molecule has 0 aromatic carbocycles. The highest BCUT2D eigenvalue weighted by Gasteiger charge is 2.10. The highest BCUT2D eigenvalue weighted by molar-refractivity contribution is 5.94. The van der Waals surface area contributed by atoms with Crippen molar-refractivity contribution < 1.29 is 4.79 Å². The first-order chi connectivity index (χ1) is 9.56. The van der Waals surface area contributed by atoms with Crippen molar-refractivity contribution in [2.75, 3.05) is 5.73 Å². The van der Waals surface area contributed by atoms with E-state index in [0.29, 0.717) is 17.9 Å². The molecule has 0 unspecified atom stereocenters. The second-order valence-corrected chi connectivity index (χ2v) is 4.86. The summed E-state index contributed by atoms with van der Waals surface area (Å²) in [5.74, 6) is 0.409. The van der Waals surface area contributed by atoms with Gasteiger partial charge in [0.1, 0.15) is 5.82 Å². The van der Waals surface area contributed by atoms with Gasteiger partial charge < -0.3 is 11.1 Å². The normalized spacial score (nSPS) is 10.6. The molecule has 0 saturated heterocycles. The minimum atomic E-state index is -0.174. The van der Waals surface area contributed by atoms with Crippen LogP contribution in [0.3, 0.4) is 0 Å². The average molecular weight is 270 g/mol. The summed E-state index contributed by atoms with van der Waals surface area (Å²) in [7, 11) is 0. The van der Waals surface area contributed by atoms with Gasteiger partial charge in [-0.1, -0.05) is 19.9 Å². The fraction of sp³-hybridized carbons (Fsp3) is 0.267. The molecule has 0 aliphatic carbocycles. The zero-order valence-electron chi connectivity index (χ0n) is 11.6. The molecule has 0 saturated carbocycles. The van der Waals surface area contributed by atoms with Crippen molar-refractivity contribution in [1.29, 1.82) is 0 Å². The van der Waals surface area contributed by atoms with Crippen LogP contribution in [0.15, 0.2) is 36.5 Å². The van der Waals surface area contributed by atoms with Crippen molar-refractivity contribution in [3.63, 3.8) is 0 Å². The van der Waals surface area contributed by atoms with E-state index in [-0.39, 0.29) is 11.8 Å². The molecule has 0 aliphatic rings. The lowest BCUT2D eigenvalue weighted by Gasteiger charge is -2.09. The monoisotopic (exact) mass is 270 g/mol. The van der Waals surface area contributed by atoms with Gasteiger partial charge in [-0.15, -0.1) is 0 Å². The SMILES string of the molecule is CC(C)c1cc(C(=O)NCc2ccccn2)cc(N)n1. The van der Waals surface area contributed by atoms with Crippen LogP contribution in [0.5, 0.6) is 0 Å². The molecule has 2 heterocycles. The van der Waals surface area contributed by atoms with Crippen molar-refractivity contribution in [1.82, 2.24) is 15.3 Å². The molecule has 20 heavy (non-hydrogen) atoms. The number of rotatable bonds is 4. The van der Waals surface area contributed by atoms with Gasteiger partial charge in [-0.2, -0.15) is 0 Å². The van der Waals surface area contributed by atoms with Crippen LogP contribution in [0.1, 0.15) is 41.5 Å². The van der Waals surface area contributed by atoms with Crippen LogP contribution in [-0.4, -0.2) is 15.9 Å². The van der Waals surface area contributed by atoms with Crippen LogP contribution >= 0.6 is 0 Å². The Morgan fingerprint density at radius 3 is 2.80 bits per heavy atom. The predicted molar refractivity (Wildman–Crippen MR) is 78.1 cm³/mol. The number of nitrogen functional groups attached to an aromatic ring is 1. The topological polar surface area (TPSA) is 80.9 Å². The standard InChI is InChI=1S/C15H18N4O/c1-10(2)13-7-11(8-14(16)19-13)15(20)18-9-12-5-3-4-6-17-12/h3-8,10H,9H2,1-2H3,(H2,16,19)(H,18,20). The van der Waals surface area contributed by atoms with E-state index in [1.165, 1.54) is 0 Å². The summed E-state index contributed by atoms with van der Waals surface area (Å²) in [4.78, 5) is 20.5. The summed E-state index contributed by atoms with van der Waals surface area (Å²) in [6.07, 6.45) is 1.70. The number of amides is 1. The van der Waals surface area contributed by atoms with Gasteiger partial charge in [0.2, 0.25) is 0 Å². The minimum absolute atomic E-state index is 0.174. The maximum atomic E-state index is 12.1. The third-order valence-corrected chi connectivity index (χ3v) is 2.87. The number of carbonyl (C=O) groups is 1. The van der Waals surface area contributed by atoms with Crippen LogP contribution in [0.2, 0.25) is 0 Å². The molecule has 2 aromatic rings. The number of anilines is 1. The maximum absolute atomic E-state index is 12.1. The van der Waals surface area contributed by atoms with Crippen molar-refractivity contribution in [3.05, 3.63) is 53.5 Å². The van der Waals surface area contributed by atoms with Crippen LogP contribution < -0.4 is 11.1 Å². The molecule has 2 rings (SSSR count). The second-order valence-electron chi connectivity index (χ2n) is 4.86. The lowest BCUT2D eigenvalue weighted by Crippen LogP contribution is -2.23. The molecule has 3 N–H and O–H groups in total. The smallest absolute Gasteiger partial charge is 0.251 e. The van der Waals surface area contributed by atoms with E-state index in [0.717, 1.165) is 11.4 Å². The highest BCUT2D eigenvalue weighted by Crippen LogP contribution is 2.16. The Morgan fingerprint density at radius 1 is 1.35 bits per heavy atom. The Hall–Kier alpha value is -2.43. The molecule has 104 valence electrons. The molecule has 1 amide bonds. The minimum Gasteiger partial charge on any atom is -0.384 e. The first-order valence-electron chi connectivity index (χ1n) is 6.52. The number of hydrogen-bond acceptors (Lipinski definition) is 4. The van der Waals surface area contributed by atoms with E-state index in [1.54, 1.807) is 18.3 Å². The second kappa shape index (κ2) is 6.14. The van der Waals surface area contributed by atoms with Gasteiger partial charge >= 0.3 is 0 Å². The summed E-state index contributed by atoms with van der Waals surface area (Å²) in [6.45, 7) is 4.41. The summed E-state index contributed by atoms with van der Waals surface area (Å²) >= 11 is 0. The lowest BCUT2D eigenvalue weighted by atomic mass is 10.1. The fourth-order valence-electron chi connectivity index (χ4n) is 1.78. The predicted octanol–water partition coefficient (Wildman–Crippen LogP) is 2.11. The Bertz CT molecular complexity index is 596. The Balaban J connectivity index is 2.09. The summed E-state index contributed by atoms with van der Waals surface area (Å²) in [5, 5.41) is 2.82. The quantitative estimate of drug-likeness (QED) is 0.891. The van der Waals surface area contributed by atoms with Crippen LogP contribution in [0.25, 0.3) is 0 Å². The third kappa shape index (κ3) is 3.54. The lowest BCUT2D eigenvalue weighted by molar-refractivity contribution is 0.0950. The average Bonchev–Trinajstić information content (AvgIpc) is 2.45. The molecule has 0 radical (unpaired) electrons. The van der Waals surface area contributed by atoms with Gasteiger partial charge in [0.05, 0.1) is 12.2 Å². The van der Waals surface area contributed by atoms with Crippen molar-refractivity contribution in [2.24, 2.45) is 0 Å². The number of nitrogens with one attached hydrogen (secondary N) is 1. The molecular formula is C15H18N4O. The number of hydrogen-bond donors (Lipinski definition) is 2. The Morgan fingerprint density at radius 2 is 2.15 bits per heavy atom. The molecule has 0 atom stereocenters. The summed E-state index contributed by atoms with van der Waals surface area (Å²) in [6, 6.07) is 8.94. The third-order valence-electron chi connectivity index (χ3n) is 2.87. The number of carbonyl (C=O) groups excluding carboxylic acids is 1. The molecule has 0 fully saturated rings. The van der Waals surface area contributed by atoms with Crippen molar-refractivity contribution in [3.8, 4) is 0 Å². The number of pyridine rings is 2. The first-order valence-corrected chi connectivity index (χ1v) is 6.52. The van der Waals surface area contributed by atoms with Gasteiger partial charge in [-0.05, 0) is 30.2 Å². The number of nitrogens with zero attached hydrogens (tertiary/aromatic N) is 2. The number of nitrogens with two attached hydrogens (primary N) is 1. The summed E-state index contributed by atoms with van der Waals surface area (Å²) in [5.41, 5.74) is 7.89. The maximum Gasteiger partial charge on any atom is 0.251 e. The molecule has 0 spiro atoms. The highest BCUT2D eigenvalue weighted by atomic mass is 16.1. The molecule has 2 aromatic heterocycles. The Labute approximate surface area is 118 Å². The van der Waals surface area contributed by atoms with E-state index in [1.807, 2.05) is 32.0 Å². The van der Waals surface area contributed by atoms with Crippen LogP contribution in [0, 0.1) is 0 Å². The molecule has 0 bridgehead atoms. The van der Waals surface area contributed by atoms with E-state index in [4.69, 9.17) is 5.73 Å².